The van der Waals surface area contributed by atoms with Crippen molar-refractivity contribution in [2.24, 2.45) is 5.92 Å². The van der Waals surface area contributed by atoms with Gasteiger partial charge in [0.25, 0.3) is 5.91 Å². The van der Waals surface area contributed by atoms with Crippen LogP contribution in [0.1, 0.15) is 46.8 Å². The van der Waals surface area contributed by atoms with Gasteiger partial charge in [0.1, 0.15) is 0 Å². The summed E-state index contributed by atoms with van der Waals surface area (Å²) in [5.74, 6) is -0.385. The van der Waals surface area contributed by atoms with Crippen LogP contribution >= 0.6 is 11.8 Å². The molecule has 188 valence electrons. The van der Waals surface area contributed by atoms with Gasteiger partial charge in [-0.15, -0.1) is 0 Å². The SMILES string of the molecule is Cc1cc(C)c(NC(=O)Nc2cc3ccccc3cc2C(=O)NOC(=O)C2CCSC(C)C2)c(C)c1. The number of anilines is 2. The summed E-state index contributed by atoms with van der Waals surface area (Å²) in [5.41, 5.74) is 6.53. The first-order valence-corrected chi connectivity index (χ1v) is 13.1. The monoisotopic (exact) mass is 505 g/mol. The van der Waals surface area contributed by atoms with E-state index in [2.05, 4.69) is 23.0 Å². The number of urea groups is 1. The molecule has 3 amide bonds. The first-order chi connectivity index (χ1) is 17.2. The molecular weight excluding hydrogens is 474 g/mol. The number of benzene rings is 3. The zero-order chi connectivity index (χ0) is 25.8. The molecule has 0 bridgehead atoms. The Morgan fingerprint density at radius 1 is 0.944 bits per heavy atom. The van der Waals surface area contributed by atoms with Crippen molar-refractivity contribution in [3.8, 4) is 0 Å². The van der Waals surface area contributed by atoms with E-state index >= 15 is 0 Å². The topological polar surface area (TPSA) is 96.5 Å². The molecule has 1 aliphatic rings. The first kappa shape index (κ1) is 25.6. The standard InChI is InChI=1S/C28H31N3O4S/c1-16-11-17(2)25(18(3)12-16)30-28(34)29-24-15-21-8-6-5-7-20(21)14-23(24)26(32)31-35-27(33)22-9-10-36-19(4)13-22/h5-8,11-12,14-15,19,22H,9-10,13H2,1-4H3,(H,31,32)(H2,29,30,34). The summed E-state index contributed by atoms with van der Waals surface area (Å²) in [6.07, 6.45) is 1.45. The van der Waals surface area contributed by atoms with Gasteiger partial charge in [0.15, 0.2) is 0 Å². The highest BCUT2D eigenvalue weighted by Crippen LogP contribution is 2.30. The molecule has 1 aliphatic heterocycles. The lowest BCUT2D eigenvalue weighted by molar-refractivity contribution is -0.154. The van der Waals surface area contributed by atoms with E-state index in [1.165, 1.54) is 0 Å². The van der Waals surface area contributed by atoms with E-state index < -0.39 is 17.9 Å². The van der Waals surface area contributed by atoms with Gasteiger partial charge in [0.2, 0.25) is 0 Å². The van der Waals surface area contributed by atoms with E-state index in [0.717, 1.165) is 51.7 Å². The zero-order valence-corrected chi connectivity index (χ0v) is 21.8. The molecule has 4 rings (SSSR count). The number of nitrogens with one attached hydrogen (secondary N) is 3. The molecule has 36 heavy (non-hydrogen) atoms. The number of carbonyl (C=O) groups is 3. The Morgan fingerprint density at radius 2 is 1.61 bits per heavy atom. The molecule has 1 heterocycles. The van der Waals surface area contributed by atoms with Crippen LogP contribution in [0.4, 0.5) is 16.2 Å². The van der Waals surface area contributed by atoms with E-state index in [9.17, 15) is 14.4 Å². The molecule has 8 heteroatoms. The second-order valence-corrected chi connectivity index (χ2v) is 10.9. The fraction of sp³-hybridized carbons (Fsp3) is 0.321. The summed E-state index contributed by atoms with van der Waals surface area (Å²) in [4.78, 5) is 43.7. The number of carbonyl (C=O) groups excluding carboxylic acids is 3. The fourth-order valence-electron chi connectivity index (χ4n) is 4.62. The number of hydrogen-bond donors (Lipinski definition) is 3. The largest absolute Gasteiger partial charge is 0.340 e. The summed E-state index contributed by atoms with van der Waals surface area (Å²) >= 11 is 1.83. The van der Waals surface area contributed by atoms with Crippen LogP contribution in [0.2, 0.25) is 0 Å². The Labute approximate surface area is 215 Å². The van der Waals surface area contributed by atoms with Gasteiger partial charge in [-0.05, 0) is 73.4 Å². The number of fused-ring (bicyclic) bond motifs is 1. The lowest BCUT2D eigenvalue weighted by Gasteiger charge is -2.24. The molecule has 0 spiro atoms. The van der Waals surface area contributed by atoms with Crippen LogP contribution in [0.3, 0.4) is 0 Å². The zero-order valence-electron chi connectivity index (χ0n) is 20.9. The fourth-order valence-corrected chi connectivity index (χ4v) is 5.81. The van der Waals surface area contributed by atoms with Crippen molar-refractivity contribution in [3.63, 3.8) is 0 Å². The van der Waals surface area contributed by atoms with Crippen LogP contribution in [0.15, 0.2) is 48.5 Å². The Bertz CT molecular complexity index is 1300. The Balaban J connectivity index is 1.53. The Morgan fingerprint density at radius 3 is 2.28 bits per heavy atom. The first-order valence-electron chi connectivity index (χ1n) is 12.0. The summed E-state index contributed by atoms with van der Waals surface area (Å²) in [5, 5.41) is 7.76. The Kier molecular flexibility index (Phi) is 7.84. The molecule has 0 radical (unpaired) electrons. The van der Waals surface area contributed by atoms with Crippen molar-refractivity contribution in [1.29, 1.82) is 0 Å². The highest BCUT2D eigenvalue weighted by Gasteiger charge is 2.28. The second kappa shape index (κ2) is 11.0. The predicted molar refractivity (Wildman–Crippen MR) is 145 cm³/mol. The van der Waals surface area contributed by atoms with Crippen molar-refractivity contribution in [3.05, 3.63) is 70.8 Å². The molecule has 3 N–H and O–H groups in total. The van der Waals surface area contributed by atoms with Gasteiger partial charge < -0.3 is 15.5 Å². The molecule has 7 nitrogen and oxygen atoms in total. The number of rotatable bonds is 4. The maximum atomic E-state index is 13.1. The van der Waals surface area contributed by atoms with Crippen LogP contribution < -0.4 is 16.1 Å². The van der Waals surface area contributed by atoms with Crippen molar-refractivity contribution in [2.75, 3.05) is 16.4 Å². The molecule has 3 aromatic rings. The van der Waals surface area contributed by atoms with Gasteiger partial charge in [0, 0.05) is 10.9 Å². The summed E-state index contributed by atoms with van der Waals surface area (Å²) < 4.78 is 0. The van der Waals surface area contributed by atoms with Gasteiger partial charge >= 0.3 is 12.0 Å². The lowest BCUT2D eigenvalue weighted by atomic mass is 10.0. The third kappa shape index (κ3) is 5.99. The smallest absolute Gasteiger partial charge is 0.335 e. The van der Waals surface area contributed by atoms with Crippen LogP contribution in [0.25, 0.3) is 10.8 Å². The third-order valence-corrected chi connectivity index (χ3v) is 7.59. The minimum Gasteiger partial charge on any atom is -0.340 e. The summed E-state index contributed by atoms with van der Waals surface area (Å²) in [6.45, 7) is 7.96. The maximum Gasteiger partial charge on any atom is 0.335 e. The van der Waals surface area contributed by atoms with E-state index in [-0.39, 0.29) is 11.5 Å². The number of aryl methyl sites for hydroxylation is 3. The number of hydrogen-bond acceptors (Lipinski definition) is 5. The van der Waals surface area contributed by atoms with E-state index in [0.29, 0.717) is 10.9 Å². The van der Waals surface area contributed by atoms with Crippen LogP contribution in [-0.2, 0) is 9.63 Å². The van der Waals surface area contributed by atoms with E-state index in [4.69, 9.17) is 4.84 Å². The second-order valence-electron chi connectivity index (χ2n) is 9.35. The maximum absolute atomic E-state index is 13.1. The van der Waals surface area contributed by atoms with Crippen molar-refractivity contribution in [1.82, 2.24) is 5.48 Å². The van der Waals surface area contributed by atoms with Gasteiger partial charge in [-0.3, -0.25) is 4.79 Å². The quantitative estimate of drug-likeness (QED) is 0.371. The van der Waals surface area contributed by atoms with Crippen LogP contribution in [0, 0.1) is 26.7 Å². The normalized spacial score (nSPS) is 17.3. The van der Waals surface area contributed by atoms with Crippen LogP contribution in [0.5, 0.6) is 0 Å². The molecule has 2 atom stereocenters. The minimum atomic E-state index is -0.606. The van der Waals surface area contributed by atoms with Gasteiger partial charge in [-0.2, -0.15) is 17.2 Å². The van der Waals surface area contributed by atoms with Crippen molar-refractivity contribution < 1.29 is 19.2 Å². The molecule has 0 aliphatic carbocycles. The molecular formula is C28H31N3O4S. The van der Waals surface area contributed by atoms with Crippen molar-refractivity contribution >= 4 is 51.8 Å². The highest BCUT2D eigenvalue weighted by molar-refractivity contribution is 7.99. The van der Waals surface area contributed by atoms with Gasteiger partial charge in [-0.25, -0.2) is 9.59 Å². The molecule has 0 saturated carbocycles. The molecule has 2 unspecified atom stereocenters. The highest BCUT2D eigenvalue weighted by atomic mass is 32.2. The Hall–Kier alpha value is -3.52. The minimum absolute atomic E-state index is 0.196. The third-order valence-electron chi connectivity index (χ3n) is 6.36. The summed E-state index contributed by atoms with van der Waals surface area (Å²) in [6, 6.07) is 14.5. The summed E-state index contributed by atoms with van der Waals surface area (Å²) in [7, 11) is 0. The number of hydroxylamine groups is 1. The van der Waals surface area contributed by atoms with Gasteiger partial charge in [-0.1, -0.05) is 48.9 Å². The number of amides is 3. The lowest BCUT2D eigenvalue weighted by Crippen LogP contribution is -2.33. The predicted octanol–water partition coefficient (Wildman–Crippen LogP) is 6.13. The average molecular weight is 506 g/mol. The molecule has 0 aromatic heterocycles. The van der Waals surface area contributed by atoms with E-state index in [1.807, 2.05) is 68.9 Å². The number of thioether (sulfide) groups is 1. The van der Waals surface area contributed by atoms with Crippen molar-refractivity contribution in [2.45, 2.75) is 45.8 Å². The molecule has 1 fully saturated rings. The van der Waals surface area contributed by atoms with E-state index in [1.54, 1.807) is 12.1 Å². The van der Waals surface area contributed by atoms with Crippen LogP contribution in [-0.4, -0.2) is 28.9 Å². The average Bonchev–Trinajstić information content (AvgIpc) is 2.84. The molecule has 3 aromatic carbocycles. The molecule has 1 saturated heterocycles. The van der Waals surface area contributed by atoms with Gasteiger partial charge in [0.05, 0.1) is 17.2 Å².